The molecular weight excluding hydrogens is 650 g/mol. The van der Waals surface area contributed by atoms with Crippen LogP contribution in [0.25, 0.3) is 5.82 Å². The highest BCUT2D eigenvalue weighted by Crippen LogP contribution is 2.33. The number of halogens is 6. The molecule has 0 bridgehead atoms. The summed E-state index contributed by atoms with van der Waals surface area (Å²) in [6, 6.07) is 16.3. The predicted octanol–water partition coefficient (Wildman–Crippen LogP) is 3.83. The van der Waals surface area contributed by atoms with Crippen LogP contribution in [-0.2, 0) is 46.6 Å². The molecular formula is C31H26F6N6O5. The number of carboxylic acids is 1. The molecule has 5 rings (SSSR count). The number of aromatic nitrogens is 3. The summed E-state index contributed by atoms with van der Waals surface area (Å²) < 4.78 is 72.4. The van der Waals surface area contributed by atoms with Gasteiger partial charge < -0.3 is 16.2 Å². The van der Waals surface area contributed by atoms with Gasteiger partial charge >= 0.3 is 18.3 Å². The lowest BCUT2D eigenvalue weighted by molar-refractivity contribution is -0.192. The zero-order chi connectivity index (χ0) is 35.2. The van der Waals surface area contributed by atoms with Crippen molar-refractivity contribution >= 4 is 23.6 Å². The van der Waals surface area contributed by atoms with E-state index in [0.717, 1.165) is 17.2 Å². The van der Waals surface area contributed by atoms with Crippen molar-refractivity contribution in [2.24, 2.45) is 5.73 Å². The summed E-state index contributed by atoms with van der Waals surface area (Å²) in [5.41, 5.74) is 7.48. The number of alkyl halides is 6. The number of Topliss-reactive ketones (excluding diaryl/α,β-unsaturated/α-hetero) is 1. The molecule has 0 saturated carbocycles. The number of amides is 2. The van der Waals surface area contributed by atoms with Crippen LogP contribution in [0.2, 0.25) is 0 Å². The third-order valence-corrected chi connectivity index (χ3v) is 6.99. The number of nitrogens with two attached hydrogens (primary N) is 1. The molecule has 1 aliphatic rings. The van der Waals surface area contributed by atoms with Gasteiger partial charge in [-0.2, -0.15) is 31.4 Å². The number of fused-ring (bicyclic) bond motifs is 1. The minimum absolute atomic E-state index is 0.0680. The summed E-state index contributed by atoms with van der Waals surface area (Å²) in [6.45, 7) is 1.19. The van der Waals surface area contributed by atoms with Gasteiger partial charge in [-0.15, -0.1) is 0 Å². The minimum Gasteiger partial charge on any atom is -0.475 e. The lowest BCUT2D eigenvalue weighted by Crippen LogP contribution is -2.47. The van der Waals surface area contributed by atoms with Crippen molar-refractivity contribution in [1.82, 2.24) is 25.0 Å². The number of nitrogens with zero attached hydrogens (tertiary/aromatic N) is 4. The topological polar surface area (TPSA) is 161 Å². The first-order chi connectivity index (χ1) is 22.5. The highest BCUT2D eigenvalue weighted by Gasteiger charge is 2.38. The summed E-state index contributed by atoms with van der Waals surface area (Å²) in [4.78, 5) is 52.6. The summed E-state index contributed by atoms with van der Waals surface area (Å²) in [5, 5.41) is 14.3. The molecule has 0 spiro atoms. The maximum atomic E-state index is 13.3. The number of pyridine rings is 1. The monoisotopic (exact) mass is 676 g/mol. The molecule has 3 heterocycles. The van der Waals surface area contributed by atoms with Gasteiger partial charge in [0.25, 0.3) is 11.8 Å². The van der Waals surface area contributed by atoms with Gasteiger partial charge in [0.15, 0.2) is 5.82 Å². The molecule has 0 aliphatic carbocycles. The van der Waals surface area contributed by atoms with Crippen molar-refractivity contribution in [3.05, 3.63) is 113 Å². The number of nitrogens with one attached hydrogen (secondary N) is 1. The molecule has 48 heavy (non-hydrogen) atoms. The smallest absolute Gasteiger partial charge is 0.475 e. The Labute approximate surface area is 268 Å². The van der Waals surface area contributed by atoms with Crippen LogP contribution in [0, 0.1) is 0 Å². The van der Waals surface area contributed by atoms with Crippen LogP contribution >= 0.6 is 0 Å². The molecule has 4 aromatic rings. The fourth-order valence-electron chi connectivity index (χ4n) is 4.77. The Hall–Kier alpha value is -5.58. The van der Waals surface area contributed by atoms with E-state index in [1.165, 1.54) is 29.1 Å². The van der Waals surface area contributed by atoms with Gasteiger partial charge in [0.1, 0.15) is 6.04 Å². The number of hydrogen-bond acceptors (Lipinski definition) is 7. The number of hydrogen-bond donors (Lipinski definition) is 3. The molecule has 0 saturated heterocycles. The second-order valence-electron chi connectivity index (χ2n) is 10.5. The number of ketones is 1. The number of carbonyl (C=O) groups excluding carboxylic acids is 3. The van der Waals surface area contributed by atoms with Crippen molar-refractivity contribution < 1.29 is 50.6 Å². The number of carboxylic acid groups (broad SMARTS) is 1. The molecule has 17 heteroatoms. The molecule has 1 unspecified atom stereocenters. The van der Waals surface area contributed by atoms with E-state index in [1.54, 1.807) is 48.7 Å². The van der Waals surface area contributed by atoms with Crippen molar-refractivity contribution in [3.63, 3.8) is 0 Å². The maximum Gasteiger partial charge on any atom is 0.490 e. The van der Waals surface area contributed by atoms with Gasteiger partial charge in [-0.25, -0.2) is 14.5 Å². The number of primary amides is 1. The minimum atomic E-state index is -5.08. The molecule has 0 fully saturated rings. The second-order valence-corrected chi connectivity index (χ2v) is 10.5. The maximum absolute atomic E-state index is 13.3. The van der Waals surface area contributed by atoms with Crippen molar-refractivity contribution in [2.45, 2.75) is 44.4 Å². The van der Waals surface area contributed by atoms with Crippen LogP contribution in [-0.4, -0.2) is 60.6 Å². The second kappa shape index (κ2) is 14.5. The highest BCUT2D eigenvalue weighted by atomic mass is 19.4. The third kappa shape index (κ3) is 9.03. The molecule has 4 N–H and O–H groups in total. The number of benzene rings is 2. The Morgan fingerprint density at radius 1 is 0.917 bits per heavy atom. The van der Waals surface area contributed by atoms with E-state index in [9.17, 15) is 40.7 Å². The fraction of sp³-hybridized carbons (Fsp3) is 0.226. The number of carbonyl (C=O) groups is 4. The first kappa shape index (κ1) is 35.3. The Morgan fingerprint density at radius 3 is 2.21 bits per heavy atom. The van der Waals surface area contributed by atoms with Crippen molar-refractivity contribution in [3.8, 4) is 5.82 Å². The van der Waals surface area contributed by atoms with Gasteiger partial charge in [0.2, 0.25) is 5.78 Å². The van der Waals surface area contributed by atoms with Crippen LogP contribution in [0.3, 0.4) is 0 Å². The zero-order valence-corrected chi connectivity index (χ0v) is 24.6. The molecule has 1 atom stereocenters. The van der Waals surface area contributed by atoms with Crippen molar-refractivity contribution in [1.29, 1.82) is 0 Å². The van der Waals surface area contributed by atoms with Crippen LogP contribution in [0.5, 0.6) is 0 Å². The van der Waals surface area contributed by atoms with E-state index >= 15 is 0 Å². The molecule has 1 aliphatic heterocycles. The van der Waals surface area contributed by atoms with Crippen LogP contribution in [0.15, 0.2) is 79.1 Å². The Kier molecular flexibility index (Phi) is 10.6. The number of aliphatic carboxylic acids is 1. The van der Waals surface area contributed by atoms with Crippen LogP contribution in [0.1, 0.15) is 38.3 Å². The number of rotatable bonds is 9. The van der Waals surface area contributed by atoms with Gasteiger partial charge in [0, 0.05) is 38.4 Å². The summed E-state index contributed by atoms with van der Waals surface area (Å²) >= 11 is 0. The first-order valence-corrected chi connectivity index (χ1v) is 13.9. The standard InChI is InChI=1S/C29H25F3N6O3.C2HF3O2/c30-29(31,32)21-9-8-19-15-37(16-20(19)14-21)17-22-10-12-38(36-22)27-23(7-4-11-34-27)28(41)35-24(25(39)26(33)40)13-18-5-2-1-3-6-18;3-2(4,5)1(6)7/h1-12,14,24H,13,15-17H2,(H2,33,40)(H,35,41);(H,6,7). The lowest BCUT2D eigenvalue weighted by atomic mass is 10.0. The van der Waals surface area contributed by atoms with Crippen LogP contribution in [0.4, 0.5) is 26.3 Å². The highest BCUT2D eigenvalue weighted by molar-refractivity contribution is 6.38. The average molecular weight is 677 g/mol. The van der Waals surface area contributed by atoms with Crippen molar-refractivity contribution in [2.75, 3.05) is 0 Å². The van der Waals surface area contributed by atoms with Gasteiger partial charge in [-0.05, 0) is 47.0 Å². The molecule has 2 aromatic carbocycles. The SMILES string of the molecule is NC(=O)C(=O)C(Cc1ccccc1)NC(=O)c1cccnc1-n1ccc(CN2Cc3ccc(C(F)(F)F)cc3C2)n1.O=C(O)C(F)(F)F. The van der Waals surface area contributed by atoms with Crippen LogP contribution < -0.4 is 11.1 Å². The molecule has 2 amide bonds. The molecule has 252 valence electrons. The third-order valence-electron chi connectivity index (χ3n) is 6.99. The van der Waals surface area contributed by atoms with E-state index in [4.69, 9.17) is 15.6 Å². The van der Waals surface area contributed by atoms with Gasteiger partial charge in [-0.3, -0.25) is 19.3 Å². The lowest BCUT2D eigenvalue weighted by Gasteiger charge is -2.17. The Bertz CT molecular complexity index is 1810. The summed E-state index contributed by atoms with van der Waals surface area (Å²) in [6.07, 6.45) is -6.31. The summed E-state index contributed by atoms with van der Waals surface area (Å²) in [7, 11) is 0. The average Bonchev–Trinajstić information content (AvgIpc) is 3.66. The zero-order valence-electron chi connectivity index (χ0n) is 24.6. The molecule has 0 radical (unpaired) electrons. The predicted molar refractivity (Wildman–Crippen MR) is 155 cm³/mol. The largest absolute Gasteiger partial charge is 0.490 e. The van der Waals surface area contributed by atoms with E-state index in [2.05, 4.69) is 15.4 Å². The van der Waals surface area contributed by atoms with E-state index in [1.807, 2.05) is 4.90 Å². The molecule has 11 nitrogen and oxygen atoms in total. The first-order valence-electron chi connectivity index (χ1n) is 13.9. The van der Waals surface area contributed by atoms with Gasteiger partial charge in [0.05, 0.1) is 16.8 Å². The molecule has 2 aromatic heterocycles. The Balaban J connectivity index is 0.000000671. The quantitative estimate of drug-likeness (QED) is 0.178. The van der Waals surface area contributed by atoms with Gasteiger partial charge in [-0.1, -0.05) is 36.4 Å². The van der Waals surface area contributed by atoms with E-state index in [-0.39, 0.29) is 17.8 Å². The Morgan fingerprint density at radius 2 is 1.58 bits per heavy atom. The van der Waals surface area contributed by atoms with E-state index in [0.29, 0.717) is 30.9 Å². The summed E-state index contributed by atoms with van der Waals surface area (Å²) in [5.74, 6) is -5.29. The fourth-order valence-corrected chi connectivity index (χ4v) is 4.77. The van der Waals surface area contributed by atoms with E-state index < -0.39 is 47.5 Å². The normalized spacial score (nSPS) is 13.5.